The van der Waals surface area contributed by atoms with Crippen LogP contribution in [0.1, 0.15) is 70.9 Å². The maximum atomic E-state index is 6.33. The maximum Gasteiger partial charge on any atom is 0.114 e. The van der Waals surface area contributed by atoms with Crippen LogP contribution in [-0.2, 0) is 0 Å². The van der Waals surface area contributed by atoms with E-state index in [9.17, 15) is 0 Å². The predicted molar refractivity (Wildman–Crippen MR) is 163 cm³/mol. The molecule has 0 heterocycles. The van der Waals surface area contributed by atoms with Crippen molar-refractivity contribution in [3.63, 3.8) is 0 Å². The lowest BCUT2D eigenvalue weighted by molar-refractivity contribution is 0.435. The zero-order valence-electron chi connectivity index (χ0n) is 22.2. The van der Waals surface area contributed by atoms with E-state index in [0.29, 0.717) is 0 Å². The number of halogens is 1. The van der Waals surface area contributed by atoms with Crippen LogP contribution in [0.15, 0.2) is 71.2 Å². The van der Waals surface area contributed by atoms with Gasteiger partial charge in [0.15, 0.2) is 0 Å². The summed E-state index contributed by atoms with van der Waals surface area (Å²) in [5.41, 5.74) is 14.8. The molecule has 2 aliphatic carbocycles. The van der Waals surface area contributed by atoms with Crippen LogP contribution in [0.2, 0.25) is 0 Å². The highest BCUT2D eigenvalue weighted by atomic mass is 79.9. The Morgan fingerprint density at radius 3 is 1.81 bits per heavy atom. The lowest BCUT2D eigenvalue weighted by Crippen LogP contribution is -2.16. The molecule has 4 aromatic carbocycles. The predicted octanol–water partition coefficient (Wildman–Crippen LogP) is 9.37. The molecule has 2 aliphatic rings. The molecule has 0 N–H and O–H groups in total. The average molecular weight is 546 g/mol. The number of nitrogens with zero attached hydrogens (tertiary/aromatic N) is 1. The molecule has 0 aliphatic heterocycles. The molecule has 2 unspecified atom stereocenters. The van der Waals surface area contributed by atoms with Crippen LogP contribution >= 0.6 is 15.9 Å². The van der Waals surface area contributed by atoms with Crippen molar-refractivity contribution >= 4 is 46.3 Å². The summed E-state index contributed by atoms with van der Waals surface area (Å²) in [6.45, 7) is 8.50. The van der Waals surface area contributed by atoms with Crippen molar-refractivity contribution in [2.45, 2.75) is 65.2 Å². The van der Waals surface area contributed by atoms with E-state index in [1.54, 1.807) is 11.1 Å². The van der Waals surface area contributed by atoms with Gasteiger partial charge in [-0.3, -0.25) is 0 Å². The minimum Gasteiger partial charge on any atom is -0.310 e. The third kappa shape index (κ3) is 4.36. The Balaban J connectivity index is 1.42. The second-order valence-corrected chi connectivity index (χ2v) is 12.0. The molecule has 0 spiro atoms. The molecular weight excluding hydrogens is 513 g/mol. The Bertz CT molecular complexity index is 1400. The smallest absolute Gasteiger partial charge is 0.114 e. The van der Waals surface area contributed by atoms with Gasteiger partial charge < -0.3 is 4.90 Å². The summed E-state index contributed by atoms with van der Waals surface area (Å²) in [7, 11) is 6.33. The van der Waals surface area contributed by atoms with Crippen molar-refractivity contribution in [1.29, 1.82) is 0 Å². The van der Waals surface area contributed by atoms with E-state index >= 15 is 0 Å². The standard InChI is InChI=1S/C34H33BBrN/c1-20-14-29(15-21(2)33(20)35)37(30-16-22(3)34(36)23(4)17-30)28-11-8-24(9-12-28)25-10-13-31-26-6-5-7-27(18-26)32(31)19-25/h8-17,19,26-27H,5-7,18H2,1-4H3. The topological polar surface area (TPSA) is 3.24 Å². The Morgan fingerprint density at radius 2 is 1.19 bits per heavy atom. The van der Waals surface area contributed by atoms with Crippen LogP contribution in [0.4, 0.5) is 17.1 Å². The third-order valence-corrected chi connectivity index (χ3v) is 9.87. The molecule has 184 valence electrons. The van der Waals surface area contributed by atoms with E-state index < -0.39 is 0 Å². The molecule has 1 saturated carbocycles. The van der Waals surface area contributed by atoms with Gasteiger partial charge in [0.2, 0.25) is 0 Å². The summed E-state index contributed by atoms with van der Waals surface area (Å²) in [6, 6.07) is 25.2. The Morgan fingerprint density at radius 1 is 0.649 bits per heavy atom. The fourth-order valence-corrected chi connectivity index (χ4v) is 6.85. The monoisotopic (exact) mass is 545 g/mol. The number of fused-ring (bicyclic) bond motifs is 5. The number of benzene rings is 4. The first kappa shape index (κ1) is 24.6. The quantitative estimate of drug-likeness (QED) is 0.231. The fourth-order valence-electron chi connectivity index (χ4n) is 6.62. The van der Waals surface area contributed by atoms with E-state index in [1.165, 1.54) is 47.9 Å². The van der Waals surface area contributed by atoms with Crippen LogP contribution in [-0.4, -0.2) is 7.85 Å². The van der Waals surface area contributed by atoms with Gasteiger partial charge in [0.05, 0.1) is 0 Å². The number of hydrogen-bond donors (Lipinski definition) is 0. The van der Waals surface area contributed by atoms with Crippen LogP contribution in [0.25, 0.3) is 11.1 Å². The molecule has 1 nitrogen and oxygen atoms in total. The highest BCUT2D eigenvalue weighted by molar-refractivity contribution is 9.10. The Labute approximate surface area is 231 Å². The van der Waals surface area contributed by atoms with Gasteiger partial charge in [-0.25, -0.2) is 0 Å². The van der Waals surface area contributed by atoms with Crippen molar-refractivity contribution in [2.75, 3.05) is 4.90 Å². The number of hydrogen-bond acceptors (Lipinski definition) is 1. The molecule has 2 bridgehead atoms. The van der Waals surface area contributed by atoms with Gasteiger partial charge in [0.1, 0.15) is 7.85 Å². The van der Waals surface area contributed by atoms with E-state index in [-0.39, 0.29) is 0 Å². The van der Waals surface area contributed by atoms with E-state index in [0.717, 1.165) is 50.0 Å². The fraction of sp³-hybridized carbons (Fsp3) is 0.294. The second-order valence-electron chi connectivity index (χ2n) is 11.2. The van der Waals surface area contributed by atoms with Gasteiger partial charge in [-0.05, 0) is 129 Å². The Kier molecular flexibility index (Phi) is 6.31. The minimum atomic E-state index is 0.768. The SMILES string of the molecule is [B]c1c(C)cc(N(c2ccc(-c3ccc4c(c3)C3CCCC4C3)cc2)c2cc(C)c(Br)c(C)c2)cc1C. The summed E-state index contributed by atoms with van der Waals surface area (Å²) in [5.74, 6) is 1.56. The summed E-state index contributed by atoms with van der Waals surface area (Å²) in [5, 5.41) is 0. The van der Waals surface area contributed by atoms with Crippen LogP contribution in [0, 0.1) is 27.7 Å². The molecule has 37 heavy (non-hydrogen) atoms. The highest BCUT2D eigenvalue weighted by Gasteiger charge is 2.34. The lowest BCUT2D eigenvalue weighted by atomic mass is 9.86. The zero-order chi connectivity index (χ0) is 25.8. The largest absolute Gasteiger partial charge is 0.310 e. The summed E-state index contributed by atoms with van der Waals surface area (Å²) >= 11 is 3.75. The van der Waals surface area contributed by atoms with E-state index in [2.05, 4.69) is 115 Å². The van der Waals surface area contributed by atoms with Crippen molar-refractivity contribution < 1.29 is 0 Å². The summed E-state index contributed by atoms with van der Waals surface area (Å²) in [4.78, 5) is 2.35. The molecule has 1 fully saturated rings. The average Bonchev–Trinajstić information content (AvgIpc) is 3.14. The van der Waals surface area contributed by atoms with Crippen molar-refractivity contribution in [1.82, 2.24) is 0 Å². The van der Waals surface area contributed by atoms with Gasteiger partial charge in [-0.15, -0.1) is 0 Å². The van der Waals surface area contributed by atoms with Crippen molar-refractivity contribution in [3.05, 3.63) is 105 Å². The third-order valence-electron chi connectivity index (χ3n) is 8.62. The zero-order valence-corrected chi connectivity index (χ0v) is 23.8. The molecule has 4 aromatic rings. The van der Waals surface area contributed by atoms with Gasteiger partial charge in [0, 0.05) is 21.5 Å². The molecule has 2 atom stereocenters. The first-order chi connectivity index (χ1) is 17.8. The second kappa shape index (κ2) is 9.51. The number of aryl methyl sites for hydroxylation is 4. The summed E-state index contributed by atoms with van der Waals surface area (Å²) < 4.78 is 1.16. The summed E-state index contributed by atoms with van der Waals surface area (Å²) in [6.07, 6.45) is 5.46. The van der Waals surface area contributed by atoms with Crippen molar-refractivity contribution in [3.8, 4) is 11.1 Å². The molecule has 2 radical (unpaired) electrons. The van der Waals surface area contributed by atoms with Gasteiger partial charge in [0.25, 0.3) is 0 Å². The van der Waals surface area contributed by atoms with Gasteiger partial charge in [-0.1, -0.05) is 69.3 Å². The first-order valence-electron chi connectivity index (χ1n) is 13.5. The Hall–Kier alpha value is -2.78. The normalized spacial score (nSPS) is 18.1. The maximum absolute atomic E-state index is 6.33. The van der Waals surface area contributed by atoms with E-state index in [1.807, 2.05) is 0 Å². The molecule has 3 heteroatoms. The van der Waals surface area contributed by atoms with Crippen LogP contribution in [0.5, 0.6) is 0 Å². The molecule has 0 aromatic heterocycles. The van der Waals surface area contributed by atoms with Gasteiger partial charge >= 0.3 is 0 Å². The molecule has 0 amide bonds. The number of rotatable bonds is 4. The van der Waals surface area contributed by atoms with Gasteiger partial charge in [-0.2, -0.15) is 0 Å². The van der Waals surface area contributed by atoms with Crippen molar-refractivity contribution in [2.24, 2.45) is 0 Å². The van der Waals surface area contributed by atoms with Crippen LogP contribution < -0.4 is 10.4 Å². The highest BCUT2D eigenvalue weighted by Crippen LogP contribution is 2.51. The minimum absolute atomic E-state index is 0.768. The lowest BCUT2D eigenvalue weighted by Gasteiger charge is -2.28. The molecule has 6 rings (SSSR count). The number of anilines is 3. The molecular formula is C34H33BBrN. The van der Waals surface area contributed by atoms with E-state index in [4.69, 9.17) is 7.85 Å². The first-order valence-corrected chi connectivity index (χ1v) is 14.3. The molecule has 0 saturated heterocycles. The van der Waals surface area contributed by atoms with Crippen LogP contribution in [0.3, 0.4) is 0 Å².